The smallest absolute Gasteiger partial charge is 0.256 e. The fourth-order valence-electron chi connectivity index (χ4n) is 2.30. The minimum Gasteiger partial charge on any atom is -0.338 e. The summed E-state index contributed by atoms with van der Waals surface area (Å²) in [6, 6.07) is 0. The van der Waals surface area contributed by atoms with Gasteiger partial charge in [-0.3, -0.25) is 4.79 Å². The molecule has 1 amide bonds. The second-order valence-electron chi connectivity index (χ2n) is 4.44. The summed E-state index contributed by atoms with van der Waals surface area (Å²) in [6.45, 7) is 2.64. The van der Waals surface area contributed by atoms with Gasteiger partial charge in [-0.1, -0.05) is 0 Å². The first kappa shape index (κ1) is 12.0. The second-order valence-corrected chi connectivity index (χ2v) is 4.44. The SMILES string of the molecule is CNCC1CCCN(C(=O)c2cncnc2)C1. The summed E-state index contributed by atoms with van der Waals surface area (Å²) < 4.78 is 0. The lowest BCUT2D eigenvalue weighted by Crippen LogP contribution is -2.42. The van der Waals surface area contributed by atoms with Gasteiger partial charge in [-0.25, -0.2) is 9.97 Å². The Morgan fingerprint density at radius 3 is 3.00 bits per heavy atom. The van der Waals surface area contributed by atoms with E-state index in [2.05, 4.69) is 15.3 Å². The van der Waals surface area contributed by atoms with Crippen molar-refractivity contribution in [1.29, 1.82) is 0 Å². The Bertz CT molecular complexity index is 366. The molecular formula is C12H18N4O. The van der Waals surface area contributed by atoms with Gasteiger partial charge in [0, 0.05) is 25.5 Å². The highest BCUT2D eigenvalue weighted by molar-refractivity contribution is 5.93. The number of carbonyl (C=O) groups excluding carboxylic acids is 1. The van der Waals surface area contributed by atoms with Gasteiger partial charge in [0.1, 0.15) is 6.33 Å². The number of carbonyl (C=O) groups is 1. The Balaban J connectivity index is 2.00. The third kappa shape index (κ3) is 3.00. The van der Waals surface area contributed by atoms with Crippen molar-refractivity contribution in [2.45, 2.75) is 12.8 Å². The zero-order valence-corrected chi connectivity index (χ0v) is 10.1. The lowest BCUT2D eigenvalue weighted by atomic mass is 9.97. The number of aromatic nitrogens is 2. The number of likely N-dealkylation sites (tertiary alicyclic amines) is 1. The van der Waals surface area contributed by atoms with Crippen LogP contribution in [0.15, 0.2) is 18.7 Å². The fraction of sp³-hybridized carbons (Fsp3) is 0.583. The van der Waals surface area contributed by atoms with E-state index >= 15 is 0 Å². The average Bonchev–Trinajstić information content (AvgIpc) is 2.40. The summed E-state index contributed by atoms with van der Waals surface area (Å²) in [4.78, 5) is 21.9. The summed E-state index contributed by atoms with van der Waals surface area (Å²) in [6.07, 6.45) is 6.87. The van der Waals surface area contributed by atoms with Gasteiger partial charge in [0.2, 0.25) is 0 Å². The molecule has 1 N–H and O–H groups in total. The molecule has 17 heavy (non-hydrogen) atoms. The van der Waals surface area contributed by atoms with E-state index in [4.69, 9.17) is 0 Å². The van der Waals surface area contributed by atoms with E-state index in [0.29, 0.717) is 11.5 Å². The average molecular weight is 234 g/mol. The molecule has 1 saturated heterocycles. The summed E-state index contributed by atoms with van der Waals surface area (Å²) in [5, 5.41) is 3.17. The van der Waals surface area contributed by atoms with Crippen LogP contribution in [-0.4, -0.2) is 47.5 Å². The van der Waals surface area contributed by atoms with Gasteiger partial charge in [0.25, 0.3) is 5.91 Å². The molecule has 1 atom stereocenters. The van der Waals surface area contributed by atoms with Crippen molar-refractivity contribution in [1.82, 2.24) is 20.2 Å². The molecule has 1 aromatic heterocycles. The predicted octanol–water partition coefficient (Wildman–Crippen LogP) is 0.548. The molecular weight excluding hydrogens is 216 g/mol. The molecule has 1 aliphatic heterocycles. The van der Waals surface area contributed by atoms with Crippen molar-refractivity contribution in [3.8, 4) is 0 Å². The predicted molar refractivity (Wildman–Crippen MR) is 64.6 cm³/mol. The van der Waals surface area contributed by atoms with E-state index in [1.165, 1.54) is 12.7 Å². The van der Waals surface area contributed by atoms with Gasteiger partial charge in [0.15, 0.2) is 0 Å². The third-order valence-corrected chi connectivity index (χ3v) is 3.11. The molecule has 1 fully saturated rings. The number of nitrogens with zero attached hydrogens (tertiary/aromatic N) is 3. The van der Waals surface area contributed by atoms with Crippen LogP contribution >= 0.6 is 0 Å². The van der Waals surface area contributed by atoms with E-state index in [0.717, 1.165) is 26.1 Å². The van der Waals surface area contributed by atoms with Crippen LogP contribution in [0.3, 0.4) is 0 Å². The molecule has 0 radical (unpaired) electrons. The topological polar surface area (TPSA) is 58.1 Å². The van der Waals surface area contributed by atoms with Crippen molar-refractivity contribution in [3.63, 3.8) is 0 Å². The van der Waals surface area contributed by atoms with Crippen molar-refractivity contribution in [3.05, 3.63) is 24.3 Å². The molecule has 0 spiro atoms. The van der Waals surface area contributed by atoms with Crippen LogP contribution < -0.4 is 5.32 Å². The molecule has 0 aliphatic carbocycles. The molecule has 5 heteroatoms. The van der Waals surface area contributed by atoms with Crippen LogP contribution in [0.1, 0.15) is 23.2 Å². The quantitative estimate of drug-likeness (QED) is 0.829. The highest BCUT2D eigenvalue weighted by atomic mass is 16.2. The van der Waals surface area contributed by atoms with E-state index in [-0.39, 0.29) is 5.91 Å². The number of piperidine rings is 1. The van der Waals surface area contributed by atoms with Crippen LogP contribution in [-0.2, 0) is 0 Å². The fourth-order valence-corrected chi connectivity index (χ4v) is 2.30. The largest absolute Gasteiger partial charge is 0.338 e. The molecule has 1 aromatic rings. The molecule has 1 unspecified atom stereocenters. The monoisotopic (exact) mass is 234 g/mol. The van der Waals surface area contributed by atoms with Crippen molar-refractivity contribution in [2.75, 3.05) is 26.7 Å². The molecule has 2 heterocycles. The van der Waals surface area contributed by atoms with Gasteiger partial charge in [-0.2, -0.15) is 0 Å². The minimum atomic E-state index is 0.0476. The van der Waals surface area contributed by atoms with Gasteiger partial charge in [-0.05, 0) is 32.4 Å². The number of hydrogen-bond acceptors (Lipinski definition) is 4. The maximum absolute atomic E-state index is 12.2. The number of hydrogen-bond donors (Lipinski definition) is 1. The Labute approximate surface area is 101 Å². The number of nitrogens with one attached hydrogen (secondary N) is 1. The molecule has 0 bridgehead atoms. The molecule has 0 saturated carbocycles. The zero-order chi connectivity index (χ0) is 12.1. The van der Waals surface area contributed by atoms with E-state index in [1.54, 1.807) is 12.4 Å². The van der Waals surface area contributed by atoms with Gasteiger partial charge >= 0.3 is 0 Å². The van der Waals surface area contributed by atoms with E-state index in [1.807, 2.05) is 11.9 Å². The van der Waals surface area contributed by atoms with Crippen molar-refractivity contribution >= 4 is 5.91 Å². The van der Waals surface area contributed by atoms with Crippen LogP contribution in [0.4, 0.5) is 0 Å². The maximum Gasteiger partial charge on any atom is 0.256 e. The standard InChI is InChI=1S/C12H18N4O/c1-13-5-10-3-2-4-16(8-10)12(17)11-6-14-9-15-7-11/h6-7,9-10,13H,2-5,8H2,1H3. The molecule has 92 valence electrons. The Kier molecular flexibility index (Phi) is 4.03. The highest BCUT2D eigenvalue weighted by Crippen LogP contribution is 2.17. The Hall–Kier alpha value is -1.49. The van der Waals surface area contributed by atoms with Gasteiger partial charge in [0.05, 0.1) is 5.56 Å². The summed E-state index contributed by atoms with van der Waals surface area (Å²) in [7, 11) is 1.95. The van der Waals surface area contributed by atoms with E-state index < -0.39 is 0 Å². The molecule has 1 aliphatic rings. The first-order valence-electron chi connectivity index (χ1n) is 6.00. The van der Waals surface area contributed by atoms with Crippen LogP contribution in [0.2, 0.25) is 0 Å². The maximum atomic E-state index is 12.2. The molecule has 2 rings (SSSR count). The van der Waals surface area contributed by atoms with Gasteiger partial charge < -0.3 is 10.2 Å². The van der Waals surface area contributed by atoms with E-state index in [9.17, 15) is 4.79 Å². The Morgan fingerprint density at radius 1 is 1.53 bits per heavy atom. The normalized spacial score (nSPS) is 20.3. The van der Waals surface area contributed by atoms with Crippen LogP contribution in [0.25, 0.3) is 0 Å². The highest BCUT2D eigenvalue weighted by Gasteiger charge is 2.24. The number of amides is 1. The first-order valence-corrected chi connectivity index (χ1v) is 6.00. The zero-order valence-electron chi connectivity index (χ0n) is 10.1. The van der Waals surface area contributed by atoms with Crippen molar-refractivity contribution < 1.29 is 4.79 Å². The minimum absolute atomic E-state index is 0.0476. The number of rotatable bonds is 3. The Morgan fingerprint density at radius 2 is 2.29 bits per heavy atom. The lowest BCUT2D eigenvalue weighted by molar-refractivity contribution is 0.0673. The second kappa shape index (κ2) is 5.72. The first-order chi connectivity index (χ1) is 8.31. The van der Waals surface area contributed by atoms with Crippen molar-refractivity contribution in [2.24, 2.45) is 5.92 Å². The lowest BCUT2D eigenvalue weighted by Gasteiger charge is -2.32. The summed E-state index contributed by atoms with van der Waals surface area (Å²) >= 11 is 0. The summed E-state index contributed by atoms with van der Waals surface area (Å²) in [5.74, 6) is 0.605. The van der Waals surface area contributed by atoms with Gasteiger partial charge in [-0.15, -0.1) is 0 Å². The third-order valence-electron chi connectivity index (χ3n) is 3.11. The molecule has 0 aromatic carbocycles. The molecule has 5 nitrogen and oxygen atoms in total. The van der Waals surface area contributed by atoms with Crippen LogP contribution in [0, 0.1) is 5.92 Å². The summed E-state index contributed by atoms with van der Waals surface area (Å²) in [5.41, 5.74) is 0.581. The van der Waals surface area contributed by atoms with Crippen LogP contribution in [0.5, 0.6) is 0 Å².